The van der Waals surface area contributed by atoms with Gasteiger partial charge in [-0.1, -0.05) is 12.8 Å². The van der Waals surface area contributed by atoms with E-state index in [-0.39, 0.29) is 0 Å². The van der Waals surface area contributed by atoms with Crippen LogP contribution in [0.3, 0.4) is 0 Å². The van der Waals surface area contributed by atoms with Crippen LogP contribution in [0.15, 0.2) is 12.4 Å². The highest BCUT2D eigenvalue weighted by Crippen LogP contribution is 2.29. The van der Waals surface area contributed by atoms with Crippen molar-refractivity contribution in [3.63, 3.8) is 0 Å². The first-order valence-electron chi connectivity index (χ1n) is 10.3. The van der Waals surface area contributed by atoms with Crippen molar-refractivity contribution >= 4 is 5.82 Å². The zero-order valence-electron chi connectivity index (χ0n) is 16.6. The van der Waals surface area contributed by atoms with Crippen LogP contribution in [0.5, 0.6) is 0 Å². The summed E-state index contributed by atoms with van der Waals surface area (Å²) >= 11 is 0. The molecule has 0 unspecified atom stereocenters. The molecule has 2 aromatic heterocycles. The molecular weight excluding hydrogens is 338 g/mol. The lowest BCUT2D eigenvalue weighted by molar-refractivity contribution is 0.266. The molecule has 4 heterocycles. The van der Waals surface area contributed by atoms with Gasteiger partial charge in [0.2, 0.25) is 0 Å². The van der Waals surface area contributed by atoms with Crippen LogP contribution < -0.4 is 4.90 Å². The summed E-state index contributed by atoms with van der Waals surface area (Å²) in [6, 6.07) is 2.07. The fraction of sp³-hybridized carbons (Fsp3) is 0.700. The van der Waals surface area contributed by atoms with Crippen LogP contribution >= 0.6 is 0 Å². The maximum atomic E-state index is 4.58. The Hall–Kier alpha value is -2.02. The molecule has 0 atom stereocenters. The first kappa shape index (κ1) is 18.3. The molecule has 0 bridgehead atoms. The van der Waals surface area contributed by atoms with Crippen molar-refractivity contribution in [1.82, 2.24) is 29.6 Å². The Balaban J connectivity index is 1.38. The molecule has 2 aliphatic heterocycles. The second kappa shape index (κ2) is 8.33. The van der Waals surface area contributed by atoms with E-state index in [0.717, 1.165) is 55.6 Å². The monoisotopic (exact) mass is 369 g/mol. The Kier molecular flexibility index (Phi) is 5.66. The van der Waals surface area contributed by atoms with Gasteiger partial charge in [-0.05, 0) is 45.7 Å². The van der Waals surface area contributed by atoms with Crippen LogP contribution in [0.2, 0.25) is 0 Å². The van der Waals surface area contributed by atoms with Crippen molar-refractivity contribution in [1.29, 1.82) is 0 Å². The van der Waals surface area contributed by atoms with E-state index in [1.54, 1.807) is 6.33 Å². The summed E-state index contributed by atoms with van der Waals surface area (Å²) in [5.74, 6) is 3.79. The van der Waals surface area contributed by atoms with Crippen LogP contribution in [-0.4, -0.2) is 55.8 Å². The summed E-state index contributed by atoms with van der Waals surface area (Å²) in [6.07, 6.45) is 9.21. The second-order valence-corrected chi connectivity index (χ2v) is 8.00. The number of hydrogen-bond donors (Lipinski definition) is 0. The predicted molar refractivity (Wildman–Crippen MR) is 106 cm³/mol. The lowest BCUT2D eigenvalue weighted by Gasteiger charge is -2.32. The Labute approximate surface area is 161 Å². The highest BCUT2D eigenvalue weighted by atomic mass is 15.3. The number of anilines is 1. The largest absolute Gasteiger partial charge is 0.356 e. The molecule has 7 nitrogen and oxygen atoms in total. The first-order chi connectivity index (χ1) is 13.2. The van der Waals surface area contributed by atoms with E-state index in [9.17, 15) is 0 Å². The van der Waals surface area contributed by atoms with Gasteiger partial charge in [-0.25, -0.2) is 9.97 Å². The van der Waals surface area contributed by atoms with Gasteiger partial charge < -0.3 is 9.47 Å². The highest BCUT2D eigenvalue weighted by molar-refractivity contribution is 5.39. The summed E-state index contributed by atoms with van der Waals surface area (Å²) in [7, 11) is 2.14. The molecule has 0 radical (unpaired) electrons. The normalized spacial score (nSPS) is 20.0. The maximum absolute atomic E-state index is 4.58. The van der Waals surface area contributed by atoms with Gasteiger partial charge in [-0.3, -0.25) is 4.90 Å². The van der Waals surface area contributed by atoms with Crippen molar-refractivity contribution in [2.24, 2.45) is 7.05 Å². The summed E-state index contributed by atoms with van der Waals surface area (Å²) < 4.78 is 2.25. The molecular formula is C20H31N7. The molecule has 0 amide bonds. The number of nitrogens with zero attached hydrogens (tertiary/aromatic N) is 7. The van der Waals surface area contributed by atoms with Crippen molar-refractivity contribution in [2.75, 3.05) is 31.1 Å². The lowest BCUT2D eigenvalue weighted by atomic mass is 9.96. The predicted octanol–water partition coefficient (Wildman–Crippen LogP) is 2.67. The van der Waals surface area contributed by atoms with Crippen LogP contribution in [0.4, 0.5) is 5.82 Å². The standard InChI is InChI=1S/C20H31N7/c1-16-13-18(22-15-21-16)27-11-7-17(8-12-27)20-24-23-19(25(20)2)14-26-9-5-3-4-6-10-26/h13,15,17H,3-12,14H2,1-2H3. The molecule has 146 valence electrons. The maximum Gasteiger partial charge on any atom is 0.146 e. The molecule has 7 heteroatoms. The Morgan fingerprint density at radius 2 is 1.70 bits per heavy atom. The van der Waals surface area contributed by atoms with Gasteiger partial charge in [0.05, 0.1) is 6.54 Å². The van der Waals surface area contributed by atoms with E-state index in [1.165, 1.54) is 38.8 Å². The van der Waals surface area contributed by atoms with Gasteiger partial charge in [-0.15, -0.1) is 10.2 Å². The molecule has 27 heavy (non-hydrogen) atoms. The molecule has 2 fully saturated rings. The van der Waals surface area contributed by atoms with E-state index in [1.807, 2.05) is 6.92 Å². The molecule has 0 N–H and O–H groups in total. The summed E-state index contributed by atoms with van der Waals surface area (Å²) in [6.45, 7) is 7.36. The summed E-state index contributed by atoms with van der Waals surface area (Å²) in [5, 5.41) is 9.12. The first-order valence-corrected chi connectivity index (χ1v) is 10.3. The van der Waals surface area contributed by atoms with Crippen LogP contribution in [0, 0.1) is 6.92 Å². The molecule has 2 aliphatic rings. The molecule has 2 saturated heterocycles. The minimum Gasteiger partial charge on any atom is -0.356 e. The summed E-state index contributed by atoms with van der Waals surface area (Å²) in [4.78, 5) is 13.5. The van der Waals surface area contributed by atoms with E-state index in [2.05, 4.69) is 47.6 Å². The minimum absolute atomic E-state index is 0.486. The van der Waals surface area contributed by atoms with E-state index in [0.29, 0.717) is 5.92 Å². The fourth-order valence-electron chi connectivity index (χ4n) is 4.34. The van der Waals surface area contributed by atoms with Crippen molar-refractivity contribution in [2.45, 2.75) is 57.9 Å². The van der Waals surface area contributed by atoms with Gasteiger partial charge in [-0.2, -0.15) is 0 Å². The lowest BCUT2D eigenvalue weighted by Crippen LogP contribution is -2.34. The Morgan fingerprint density at radius 3 is 2.41 bits per heavy atom. The number of aromatic nitrogens is 5. The van der Waals surface area contributed by atoms with Gasteiger partial charge in [0.1, 0.15) is 23.8 Å². The topological polar surface area (TPSA) is 63.0 Å². The molecule has 0 aliphatic carbocycles. The van der Waals surface area contributed by atoms with Crippen molar-refractivity contribution in [3.8, 4) is 0 Å². The Morgan fingerprint density at radius 1 is 0.963 bits per heavy atom. The zero-order chi connectivity index (χ0) is 18.6. The third kappa shape index (κ3) is 4.29. The molecule has 2 aromatic rings. The van der Waals surface area contributed by atoms with E-state index >= 15 is 0 Å². The van der Waals surface area contributed by atoms with Crippen LogP contribution in [0.1, 0.15) is 61.8 Å². The number of likely N-dealkylation sites (tertiary alicyclic amines) is 1. The Bertz CT molecular complexity index is 741. The van der Waals surface area contributed by atoms with Gasteiger partial charge >= 0.3 is 0 Å². The smallest absolute Gasteiger partial charge is 0.146 e. The zero-order valence-corrected chi connectivity index (χ0v) is 16.6. The number of hydrogen-bond acceptors (Lipinski definition) is 6. The molecule has 4 rings (SSSR count). The minimum atomic E-state index is 0.486. The number of rotatable bonds is 4. The molecule has 0 saturated carbocycles. The molecule has 0 spiro atoms. The average molecular weight is 370 g/mol. The SMILES string of the molecule is Cc1cc(N2CCC(c3nnc(CN4CCCCCC4)n3C)CC2)ncn1. The average Bonchev–Trinajstić information content (AvgIpc) is 2.88. The van der Waals surface area contributed by atoms with E-state index < -0.39 is 0 Å². The van der Waals surface area contributed by atoms with E-state index in [4.69, 9.17) is 0 Å². The van der Waals surface area contributed by atoms with Gasteiger partial charge in [0.25, 0.3) is 0 Å². The van der Waals surface area contributed by atoms with Crippen molar-refractivity contribution in [3.05, 3.63) is 29.7 Å². The van der Waals surface area contributed by atoms with Gasteiger partial charge in [0, 0.05) is 37.8 Å². The van der Waals surface area contributed by atoms with Crippen molar-refractivity contribution < 1.29 is 0 Å². The fourth-order valence-corrected chi connectivity index (χ4v) is 4.34. The third-order valence-electron chi connectivity index (χ3n) is 6.04. The number of aryl methyl sites for hydroxylation is 1. The van der Waals surface area contributed by atoms with Crippen LogP contribution in [-0.2, 0) is 13.6 Å². The second-order valence-electron chi connectivity index (χ2n) is 8.00. The molecule has 0 aromatic carbocycles. The van der Waals surface area contributed by atoms with Gasteiger partial charge in [0.15, 0.2) is 0 Å². The summed E-state index contributed by atoms with van der Waals surface area (Å²) in [5.41, 5.74) is 1.02. The highest BCUT2D eigenvalue weighted by Gasteiger charge is 2.26. The quantitative estimate of drug-likeness (QED) is 0.826. The van der Waals surface area contributed by atoms with Crippen LogP contribution in [0.25, 0.3) is 0 Å². The number of piperidine rings is 1. The third-order valence-corrected chi connectivity index (χ3v) is 6.04.